The molecule has 2 rings (SSSR count). The van der Waals surface area contributed by atoms with E-state index in [-0.39, 0.29) is 5.60 Å². The van der Waals surface area contributed by atoms with E-state index in [0.29, 0.717) is 6.04 Å². The monoisotopic (exact) mass is 313 g/mol. The molecule has 1 aliphatic rings. The van der Waals surface area contributed by atoms with Gasteiger partial charge in [0.05, 0.1) is 11.3 Å². The van der Waals surface area contributed by atoms with Crippen LogP contribution in [-0.2, 0) is 18.2 Å². The van der Waals surface area contributed by atoms with Gasteiger partial charge < -0.3 is 10.1 Å². The highest BCUT2D eigenvalue weighted by Gasteiger charge is 2.42. The summed E-state index contributed by atoms with van der Waals surface area (Å²) in [7, 11) is 1.90. The van der Waals surface area contributed by atoms with Gasteiger partial charge in [-0.05, 0) is 39.7 Å². The van der Waals surface area contributed by atoms with Crippen molar-refractivity contribution >= 4 is 11.6 Å². The van der Waals surface area contributed by atoms with E-state index in [0.717, 1.165) is 48.8 Å². The maximum atomic E-state index is 6.42. The van der Waals surface area contributed by atoms with Gasteiger partial charge in [0.25, 0.3) is 0 Å². The van der Waals surface area contributed by atoms with Gasteiger partial charge in [-0.25, -0.2) is 0 Å². The molecule has 0 spiro atoms. The number of ether oxygens (including phenoxy) is 1. The number of rotatable bonds is 7. The van der Waals surface area contributed by atoms with Crippen molar-refractivity contribution in [2.75, 3.05) is 13.2 Å². The minimum Gasteiger partial charge on any atom is -0.374 e. The van der Waals surface area contributed by atoms with Crippen LogP contribution < -0.4 is 5.32 Å². The van der Waals surface area contributed by atoms with Gasteiger partial charge in [0, 0.05) is 25.3 Å². The average molecular weight is 314 g/mol. The molecule has 1 aromatic rings. The summed E-state index contributed by atoms with van der Waals surface area (Å²) in [6, 6.07) is 0.297. The second-order valence-corrected chi connectivity index (χ2v) is 6.36. The van der Waals surface area contributed by atoms with Gasteiger partial charge >= 0.3 is 0 Å². The molecule has 1 aromatic heterocycles. The largest absolute Gasteiger partial charge is 0.374 e. The zero-order chi connectivity index (χ0) is 15.5. The summed E-state index contributed by atoms with van der Waals surface area (Å²) in [5.74, 6) is 0. The van der Waals surface area contributed by atoms with E-state index < -0.39 is 0 Å². The van der Waals surface area contributed by atoms with Crippen LogP contribution in [0.2, 0.25) is 5.15 Å². The molecule has 1 heterocycles. The summed E-state index contributed by atoms with van der Waals surface area (Å²) in [6.07, 6.45) is 5.65. The molecule has 0 aliphatic heterocycles. The van der Waals surface area contributed by atoms with Crippen LogP contribution in [0.1, 0.15) is 50.8 Å². The maximum absolute atomic E-state index is 6.42. The first-order valence-corrected chi connectivity index (χ1v) is 8.47. The molecule has 120 valence electrons. The quantitative estimate of drug-likeness (QED) is 0.840. The zero-order valence-electron chi connectivity index (χ0n) is 13.7. The van der Waals surface area contributed by atoms with Crippen LogP contribution in [0.4, 0.5) is 0 Å². The third-order valence-electron chi connectivity index (χ3n) is 4.65. The van der Waals surface area contributed by atoms with E-state index in [4.69, 9.17) is 16.3 Å². The molecule has 1 fully saturated rings. The second kappa shape index (κ2) is 7.12. The van der Waals surface area contributed by atoms with Crippen LogP contribution in [0, 0.1) is 6.92 Å². The fourth-order valence-corrected chi connectivity index (χ4v) is 3.91. The molecule has 1 atom stereocenters. The molecule has 21 heavy (non-hydrogen) atoms. The highest BCUT2D eigenvalue weighted by atomic mass is 35.5. The van der Waals surface area contributed by atoms with Crippen LogP contribution >= 0.6 is 11.6 Å². The van der Waals surface area contributed by atoms with Gasteiger partial charge in [0.15, 0.2) is 0 Å². The number of nitrogens with zero attached hydrogens (tertiary/aromatic N) is 2. The number of halogens is 1. The Morgan fingerprint density at radius 1 is 1.38 bits per heavy atom. The molecular weight excluding hydrogens is 286 g/mol. The van der Waals surface area contributed by atoms with Crippen molar-refractivity contribution in [3.8, 4) is 0 Å². The van der Waals surface area contributed by atoms with Crippen LogP contribution in [0.25, 0.3) is 0 Å². The standard InChI is InChI=1S/C16H28ClN3O/c1-5-18-14(16(21-6-2)9-7-8-10-16)11-13-12(3)19-20(4)15(13)17/h14,18H,5-11H2,1-4H3. The van der Waals surface area contributed by atoms with Crippen molar-refractivity contribution in [3.05, 3.63) is 16.4 Å². The topological polar surface area (TPSA) is 39.1 Å². The summed E-state index contributed by atoms with van der Waals surface area (Å²) in [4.78, 5) is 0. The first-order chi connectivity index (χ1) is 10.0. The molecule has 1 saturated carbocycles. The number of aryl methyl sites for hydroxylation is 2. The average Bonchev–Trinajstić information content (AvgIpc) is 3.00. The molecule has 1 aliphatic carbocycles. The highest BCUT2D eigenvalue weighted by molar-refractivity contribution is 6.30. The lowest BCUT2D eigenvalue weighted by atomic mass is 9.87. The summed E-state index contributed by atoms with van der Waals surface area (Å²) >= 11 is 6.42. The van der Waals surface area contributed by atoms with Crippen molar-refractivity contribution in [2.24, 2.45) is 7.05 Å². The van der Waals surface area contributed by atoms with E-state index >= 15 is 0 Å². The van der Waals surface area contributed by atoms with E-state index in [1.54, 1.807) is 4.68 Å². The van der Waals surface area contributed by atoms with Crippen molar-refractivity contribution in [2.45, 2.75) is 64.5 Å². The fourth-order valence-electron chi connectivity index (χ4n) is 3.65. The van der Waals surface area contributed by atoms with Crippen molar-refractivity contribution < 1.29 is 4.74 Å². The van der Waals surface area contributed by atoms with Crippen LogP contribution in [0.15, 0.2) is 0 Å². The second-order valence-electron chi connectivity index (χ2n) is 6.00. The number of hydrogen-bond acceptors (Lipinski definition) is 3. The minimum absolute atomic E-state index is 0.0453. The van der Waals surface area contributed by atoms with Gasteiger partial charge in [0.1, 0.15) is 5.15 Å². The summed E-state index contributed by atoms with van der Waals surface area (Å²) in [6.45, 7) is 7.98. The van der Waals surface area contributed by atoms with Gasteiger partial charge in [-0.3, -0.25) is 4.68 Å². The Hall–Kier alpha value is -0.580. The first-order valence-electron chi connectivity index (χ1n) is 8.09. The van der Waals surface area contributed by atoms with E-state index in [9.17, 15) is 0 Å². The predicted molar refractivity (Wildman–Crippen MR) is 86.9 cm³/mol. The van der Waals surface area contributed by atoms with Crippen molar-refractivity contribution in [1.82, 2.24) is 15.1 Å². The highest BCUT2D eigenvalue weighted by Crippen LogP contribution is 2.38. The molecule has 0 amide bonds. The van der Waals surface area contributed by atoms with Gasteiger partial charge in [-0.1, -0.05) is 31.4 Å². The third-order valence-corrected chi connectivity index (χ3v) is 5.12. The predicted octanol–water partition coefficient (Wildman–Crippen LogP) is 3.25. The van der Waals surface area contributed by atoms with Gasteiger partial charge in [-0.15, -0.1) is 0 Å². The molecule has 1 N–H and O–H groups in total. The molecule has 5 heteroatoms. The zero-order valence-corrected chi connectivity index (χ0v) is 14.5. The fraction of sp³-hybridized carbons (Fsp3) is 0.812. The normalized spacial score (nSPS) is 19.1. The van der Waals surface area contributed by atoms with Crippen LogP contribution in [-0.4, -0.2) is 34.6 Å². The summed E-state index contributed by atoms with van der Waals surface area (Å²) < 4.78 is 7.99. The van der Waals surface area contributed by atoms with Crippen LogP contribution in [0.5, 0.6) is 0 Å². The third kappa shape index (κ3) is 3.43. The Kier molecular flexibility index (Phi) is 5.69. The van der Waals surface area contributed by atoms with E-state index in [1.165, 1.54) is 12.8 Å². The lowest BCUT2D eigenvalue weighted by molar-refractivity contribution is -0.0609. The first kappa shape index (κ1) is 16.8. The Morgan fingerprint density at radius 2 is 2.05 bits per heavy atom. The Balaban J connectivity index is 2.25. The molecular formula is C16H28ClN3O. The van der Waals surface area contributed by atoms with Gasteiger partial charge in [-0.2, -0.15) is 5.10 Å². The molecule has 4 nitrogen and oxygen atoms in total. The van der Waals surface area contributed by atoms with Crippen LogP contribution in [0.3, 0.4) is 0 Å². The Bertz CT molecular complexity index is 466. The maximum Gasteiger partial charge on any atom is 0.130 e. The SMILES string of the molecule is CCNC(Cc1c(C)nn(C)c1Cl)C1(OCC)CCCC1. The van der Waals surface area contributed by atoms with Crippen molar-refractivity contribution in [3.63, 3.8) is 0 Å². The molecule has 0 bridgehead atoms. The summed E-state index contributed by atoms with van der Waals surface area (Å²) in [5.41, 5.74) is 2.13. The Morgan fingerprint density at radius 3 is 2.52 bits per heavy atom. The van der Waals surface area contributed by atoms with Gasteiger partial charge in [0.2, 0.25) is 0 Å². The molecule has 0 radical (unpaired) electrons. The molecule has 1 unspecified atom stereocenters. The van der Waals surface area contributed by atoms with Crippen molar-refractivity contribution in [1.29, 1.82) is 0 Å². The molecule has 0 aromatic carbocycles. The Labute approximate surface area is 133 Å². The van der Waals surface area contributed by atoms with E-state index in [2.05, 4.69) is 24.3 Å². The number of hydrogen-bond donors (Lipinski definition) is 1. The number of aromatic nitrogens is 2. The van der Waals surface area contributed by atoms with E-state index in [1.807, 2.05) is 14.0 Å². The minimum atomic E-state index is -0.0453. The smallest absolute Gasteiger partial charge is 0.130 e. The number of nitrogens with one attached hydrogen (secondary N) is 1. The summed E-state index contributed by atoms with van der Waals surface area (Å²) in [5, 5.41) is 8.83. The lowest BCUT2D eigenvalue weighted by Gasteiger charge is -2.38. The number of likely N-dealkylation sites (N-methyl/N-ethyl adjacent to an activating group) is 1. The molecule has 0 saturated heterocycles. The lowest BCUT2D eigenvalue weighted by Crippen LogP contribution is -2.52.